The van der Waals surface area contributed by atoms with Gasteiger partial charge in [0.15, 0.2) is 5.13 Å². The third-order valence-electron chi connectivity index (χ3n) is 4.65. The topological polar surface area (TPSA) is 62.3 Å². The van der Waals surface area contributed by atoms with Gasteiger partial charge in [-0.3, -0.25) is 14.9 Å². The SMILES string of the molecule is Cc1ccccc1C(=O)Nc1nc2c(s1)CN(C(=O)c1ccccc1)CC2. The van der Waals surface area contributed by atoms with E-state index in [1.807, 2.05) is 60.4 Å². The highest BCUT2D eigenvalue weighted by Crippen LogP contribution is 2.29. The van der Waals surface area contributed by atoms with Gasteiger partial charge >= 0.3 is 0 Å². The maximum Gasteiger partial charge on any atom is 0.257 e. The van der Waals surface area contributed by atoms with Crippen molar-refractivity contribution < 1.29 is 9.59 Å². The molecular formula is C21H19N3O2S. The van der Waals surface area contributed by atoms with Crippen LogP contribution in [0.3, 0.4) is 0 Å². The van der Waals surface area contributed by atoms with Crippen LogP contribution < -0.4 is 5.32 Å². The molecule has 0 spiro atoms. The van der Waals surface area contributed by atoms with Crippen molar-refractivity contribution in [3.63, 3.8) is 0 Å². The summed E-state index contributed by atoms with van der Waals surface area (Å²) in [5.74, 6) is -0.128. The number of rotatable bonds is 3. The average molecular weight is 377 g/mol. The second-order valence-electron chi connectivity index (χ2n) is 6.50. The Morgan fingerprint density at radius 1 is 1.07 bits per heavy atom. The summed E-state index contributed by atoms with van der Waals surface area (Å²) in [6.07, 6.45) is 0.699. The number of anilines is 1. The third kappa shape index (κ3) is 3.61. The Balaban J connectivity index is 1.48. The number of thiazole rings is 1. The Kier molecular flexibility index (Phi) is 4.73. The molecule has 0 saturated heterocycles. The molecule has 5 nitrogen and oxygen atoms in total. The molecule has 2 amide bonds. The van der Waals surface area contributed by atoms with Gasteiger partial charge in [0.1, 0.15) is 0 Å². The van der Waals surface area contributed by atoms with Gasteiger partial charge in [0.25, 0.3) is 11.8 Å². The molecule has 6 heteroatoms. The lowest BCUT2D eigenvalue weighted by Crippen LogP contribution is -2.35. The maximum absolute atomic E-state index is 12.7. The zero-order chi connectivity index (χ0) is 18.8. The number of fused-ring (bicyclic) bond motifs is 1. The molecule has 2 heterocycles. The van der Waals surface area contributed by atoms with E-state index in [0.29, 0.717) is 35.8 Å². The monoisotopic (exact) mass is 377 g/mol. The van der Waals surface area contributed by atoms with E-state index in [-0.39, 0.29) is 11.8 Å². The van der Waals surface area contributed by atoms with Crippen LogP contribution in [0.15, 0.2) is 54.6 Å². The molecule has 0 atom stereocenters. The number of carbonyl (C=O) groups excluding carboxylic acids is 2. The Morgan fingerprint density at radius 2 is 1.81 bits per heavy atom. The molecule has 1 aliphatic rings. The number of amides is 2. The molecule has 0 fully saturated rings. The number of carbonyl (C=O) groups is 2. The molecule has 0 radical (unpaired) electrons. The smallest absolute Gasteiger partial charge is 0.257 e. The van der Waals surface area contributed by atoms with Crippen molar-refractivity contribution in [2.75, 3.05) is 11.9 Å². The lowest BCUT2D eigenvalue weighted by atomic mass is 10.1. The van der Waals surface area contributed by atoms with E-state index in [2.05, 4.69) is 10.3 Å². The van der Waals surface area contributed by atoms with Crippen LogP contribution in [0.5, 0.6) is 0 Å². The second kappa shape index (κ2) is 7.32. The van der Waals surface area contributed by atoms with Gasteiger partial charge in [0.05, 0.1) is 12.2 Å². The fraction of sp³-hybridized carbons (Fsp3) is 0.190. The van der Waals surface area contributed by atoms with E-state index in [4.69, 9.17) is 0 Å². The molecule has 1 N–H and O–H groups in total. The molecule has 0 bridgehead atoms. The summed E-state index contributed by atoms with van der Waals surface area (Å²) in [4.78, 5) is 32.6. The Labute approximate surface area is 161 Å². The number of hydrogen-bond acceptors (Lipinski definition) is 4. The Hall–Kier alpha value is -2.99. The Morgan fingerprint density at radius 3 is 2.59 bits per heavy atom. The predicted molar refractivity (Wildman–Crippen MR) is 106 cm³/mol. The minimum absolute atomic E-state index is 0.0279. The van der Waals surface area contributed by atoms with E-state index in [0.717, 1.165) is 16.1 Å². The number of aryl methyl sites for hydroxylation is 1. The fourth-order valence-electron chi connectivity index (χ4n) is 3.18. The lowest BCUT2D eigenvalue weighted by molar-refractivity contribution is 0.0736. The van der Waals surface area contributed by atoms with Crippen molar-refractivity contribution in [3.05, 3.63) is 81.9 Å². The van der Waals surface area contributed by atoms with Crippen LogP contribution in [0.25, 0.3) is 0 Å². The predicted octanol–water partition coefficient (Wildman–Crippen LogP) is 3.90. The number of benzene rings is 2. The summed E-state index contributed by atoms with van der Waals surface area (Å²) in [7, 11) is 0. The maximum atomic E-state index is 12.7. The van der Waals surface area contributed by atoms with E-state index < -0.39 is 0 Å². The highest BCUT2D eigenvalue weighted by atomic mass is 32.1. The standard InChI is InChI=1S/C21H19N3O2S/c1-14-7-5-6-10-16(14)19(25)23-21-22-17-11-12-24(13-18(17)27-21)20(26)15-8-3-2-4-9-15/h2-10H,11-13H2,1H3,(H,22,23,25). The summed E-state index contributed by atoms with van der Waals surface area (Å²) in [5.41, 5.74) is 3.23. The minimum atomic E-state index is -0.156. The molecule has 0 aliphatic carbocycles. The van der Waals surface area contributed by atoms with Gasteiger partial charge in [-0.05, 0) is 30.7 Å². The van der Waals surface area contributed by atoms with Crippen LogP contribution in [-0.2, 0) is 13.0 Å². The van der Waals surface area contributed by atoms with Crippen LogP contribution in [0.2, 0.25) is 0 Å². The molecule has 0 unspecified atom stereocenters. The number of nitrogens with one attached hydrogen (secondary N) is 1. The van der Waals surface area contributed by atoms with Crippen LogP contribution >= 0.6 is 11.3 Å². The van der Waals surface area contributed by atoms with E-state index in [9.17, 15) is 9.59 Å². The molecule has 1 aromatic heterocycles. The van der Waals surface area contributed by atoms with Gasteiger partial charge in [-0.1, -0.05) is 47.7 Å². The molecule has 1 aliphatic heterocycles. The van der Waals surface area contributed by atoms with Crippen LogP contribution in [0, 0.1) is 6.92 Å². The van der Waals surface area contributed by atoms with Gasteiger partial charge in [0.2, 0.25) is 0 Å². The summed E-state index contributed by atoms with van der Waals surface area (Å²) in [6, 6.07) is 16.8. The van der Waals surface area contributed by atoms with Crippen LogP contribution in [-0.4, -0.2) is 28.2 Å². The summed E-state index contributed by atoms with van der Waals surface area (Å²) in [5, 5.41) is 3.48. The highest BCUT2D eigenvalue weighted by molar-refractivity contribution is 7.15. The highest BCUT2D eigenvalue weighted by Gasteiger charge is 2.25. The summed E-state index contributed by atoms with van der Waals surface area (Å²) in [6.45, 7) is 3.07. The van der Waals surface area contributed by atoms with Crippen molar-refractivity contribution in [2.24, 2.45) is 0 Å². The molecule has 136 valence electrons. The van der Waals surface area contributed by atoms with E-state index in [1.54, 1.807) is 6.07 Å². The van der Waals surface area contributed by atoms with Gasteiger partial charge in [-0.15, -0.1) is 0 Å². The van der Waals surface area contributed by atoms with Crippen molar-refractivity contribution in [1.29, 1.82) is 0 Å². The van der Waals surface area contributed by atoms with Crippen LogP contribution in [0.1, 0.15) is 36.9 Å². The third-order valence-corrected chi connectivity index (χ3v) is 5.65. The first-order valence-corrected chi connectivity index (χ1v) is 9.63. The average Bonchev–Trinajstić information content (AvgIpc) is 3.09. The molecular weight excluding hydrogens is 358 g/mol. The molecule has 0 saturated carbocycles. The zero-order valence-corrected chi connectivity index (χ0v) is 15.8. The lowest BCUT2D eigenvalue weighted by Gasteiger charge is -2.26. The van der Waals surface area contributed by atoms with Crippen LogP contribution in [0.4, 0.5) is 5.13 Å². The van der Waals surface area contributed by atoms with Gasteiger partial charge in [-0.2, -0.15) is 0 Å². The van der Waals surface area contributed by atoms with Gasteiger partial charge in [0, 0.05) is 29.0 Å². The summed E-state index contributed by atoms with van der Waals surface area (Å²) >= 11 is 1.44. The first-order valence-electron chi connectivity index (χ1n) is 8.81. The fourth-order valence-corrected chi connectivity index (χ4v) is 4.20. The molecule has 27 heavy (non-hydrogen) atoms. The van der Waals surface area contributed by atoms with Crippen molar-refractivity contribution in [3.8, 4) is 0 Å². The molecule has 2 aromatic carbocycles. The largest absolute Gasteiger partial charge is 0.333 e. The number of nitrogens with zero attached hydrogens (tertiary/aromatic N) is 2. The van der Waals surface area contributed by atoms with Crippen molar-refractivity contribution in [1.82, 2.24) is 9.88 Å². The first-order chi connectivity index (χ1) is 13.1. The van der Waals surface area contributed by atoms with E-state index in [1.165, 1.54) is 11.3 Å². The first kappa shape index (κ1) is 17.4. The van der Waals surface area contributed by atoms with Crippen molar-refractivity contribution >= 4 is 28.3 Å². The molecule has 4 rings (SSSR count). The number of hydrogen-bond donors (Lipinski definition) is 1. The Bertz CT molecular complexity index is 998. The van der Waals surface area contributed by atoms with Crippen molar-refractivity contribution in [2.45, 2.75) is 19.9 Å². The quantitative estimate of drug-likeness (QED) is 0.753. The van der Waals surface area contributed by atoms with Gasteiger partial charge < -0.3 is 4.90 Å². The second-order valence-corrected chi connectivity index (χ2v) is 7.58. The minimum Gasteiger partial charge on any atom is -0.333 e. The van der Waals surface area contributed by atoms with Gasteiger partial charge in [-0.25, -0.2) is 4.98 Å². The van der Waals surface area contributed by atoms with E-state index >= 15 is 0 Å². The zero-order valence-electron chi connectivity index (χ0n) is 14.9. The summed E-state index contributed by atoms with van der Waals surface area (Å²) < 4.78 is 0. The molecule has 3 aromatic rings. The normalized spacial score (nSPS) is 13.1. The number of aromatic nitrogens is 1.